The smallest absolute Gasteiger partial charge is 0.0128 e. The van der Waals surface area contributed by atoms with E-state index in [0.717, 1.165) is 41.4 Å². The zero-order chi connectivity index (χ0) is 15.7. The molecule has 0 saturated heterocycles. The Kier molecular flexibility index (Phi) is 2.72. The first-order valence-corrected chi connectivity index (χ1v) is 9.72. The first kappa shape index (κ1) is 13.5. The van der Waals surface area contributed by atoms with Gasteiger partial charge in [-0.05, 0) is 77.4 Å². The number of allylic oxidation sites excluding steroid dienone is 2. The summed E-state index contributed by atoms with van der Waals surface area (Å²) in [5.74, 6) is 6.72. The molecule has 3 saturated carbocycles. The summed E-state index contributed by atoms with van der Waals surface area (Å²) in [5.41, 5.74) is 4.28. The molecule has 7 unspecified atom stereocenters. The first-order chi connectivity index (χ1) is 11.9. The van der Waals surface area contributed by atoms with Gasteiger partial charge in [0.1, 0.15) is 0 Å². The fraction of sp³-hybridized carbons (Fsp3) is 0.417. The molecule has 0 spiro atoms. The van der Waals surface area contributed by atoms with Crippen LogP contribution < -0.4 is 0 Å². The molecule has 2 aromatic rings. The molecule has 0 aromatic heterocycles. The predicted octanol–water partition coefficient (Wildman–Crippen LogP) is 5.92. The van der Waals surface area contributed by atoms with E-state index in [-0.39, 0.29) is 0 Å². The SMILES string of the molecule is C1=CC2CC1C1C3CC(c4ccc(-c5ccccc5)cc4)C(C3)C21. The molecule has 0 nitrogen and oxygen atoms in total. The van der Waals surface area contributed by atoms with Crippen LogP contribution in [-0.4, -0.2) is 0 Å². The van der Waals surface area contributed by atoms with Crippen LogP contribution in [0, 0.1) is 35.5 Å². The average molecular weight is 312 g/mol. The third-order valence-corrected chi connectivity index (χ3v) is 7.72. The van der Waals surface area contributed by atoms with Crippen LogP contribution in [0.25, 0.3) is 11.1 Å². The van der Waals surface area contributed by atoms with Gasteiger partial charge < -0.3 is 0 Å². The van der Waals surface area contributed by atoms with Crippen molar-refractivity contribution >= 4 is 0 Å². The van der Waals surface area contributed by atoms with Crippen molar-refractivity contribution in [3.05, 3.63) is 72.3 Å². The van der Waals surface area contributed by atoms with Crippen molar-refractivity contribution in [2.45, 2.75) is 25.2 Å². The molecule has 0 heteroatoms. The molecule has 0 radical (unpaired) electrons. The maximum absolute atomic E-state index is 2.56. The minimum atomic E-state index is 0.828. The second-order valence-corrected chi connectivity index (χ2v) is 8.59. The summed E-state index contributed by atoms with van der Waals surface area (Å²) in [6.07, 6.45) is 9.54. The van der Waals surface area contributed by atoms with Gasteiger partial charge in [-0.25, -0.2) is 0 Å². The van der Waals surface area contributed by atoms with Gasteiger partial charge in [-0.15, -0.1) is 0 Å². The molecule has 0 heterocycles. The number of benzene rings is 2. The van der Waals surface area contributed by atoms with Gasteiger partial charge in [0.15, 0.2) is 0 Å². The van der Waals surface area contributed by atoms with Crippen LogP contribution in [0.15, 0.2) is 66.7 Å². The van der Waals surface area contributed by atoms with E-state index in [2.05, 4.69) is 66.7 Å². The second-order valence-electron chi connectivity index (χ2n) is 8.59. The number of hydrogen-bond acceptors (Lipinski definition) is 0. The molecule has 4 bridgehead atoms. The van der Waals surface area contributed by atoms with Gasteiger partial charge in [0.05, 0.1) is 0 Å². The molecule has 120 valence electrons. The summed E-state index contributed by atoms with van der Waals surface area (Å²) in [6, 6.07) is 20.3. The highest BCUT2D eigenvalue weighted by molar-refractivity contribution is 5.63. The summed E-state index contributed by atoms with van der Waals surface area (Å²) < 4.78 is 0. The normalized spacial score (nSPS) is 41.1. The molecule has 4 aliphatic rings. The second kappa shape index (κ2) is 4.85. The third kappa shape index (κ3) is 1.75. The number of rotatable bonds is 2. The van der Waals surface area contributed by atoms with Gasteiger partial charge >= 0.3 is 0 Å². The Morgan fingerprint density at radius 1 is 0.625 bits per heavy atom. The summed E-state index contributed by atoms with van der Waals surface area (Å²) in [6.45, 7) is 0. The van der Waals surface area contributed by atoms with E-state index in [1.165, 1.54) is 30.4 Å². The molecule has 0 amide bonds. The first-order valence-electron chi connectivity index (χ1n) is 9.72. The average Bonchev–Trinajstić information content (AvgIpc) is 3.41. The van der Waals surface area contributed by atoms with Gasteiger partial charge in [-0.3, -0.25) is 0 Å². The summed E-state index contributed by atoms with van der Waals surface area (Å²) >= 11 is 0. The van der Waals surface area contributed by atoms with Crippen molar-refractivity contribution in [3.8, 4) is 11.1 Å². The molecule has 24 heavy (non-hydrogen) atoms. The third-order valence-electron chi connectivity index (χ3n) is 7.72. The van der Waals surface area contributed by atoms with E-state index in [9.17, 15) is 0 Å². The molecule has 0 N–H and O–H groups in total. The monoisotopic (exact) mass is 312 g/mol. The number of fused-ring (bicyclic) bond motifs is 9. The molecule has 0 aliphatic heterocycles. The molecule has 7 atom stereocenters. The Morgan fingerprint density at radius 2 is 1.33 bits per heavy atom. The fourth-order valence-corrected chi connectivity index (χ4v) is 6.95. The number of hydrogen-bond donors (Lipinski definition) is 0. The van der Waals surface area contributed by atoms with Crippen molar-refractivity contribution < 1.29 is 0 Å². The predicted molar refractivity (Wildman–Crippen MR) is 98.6 cm³/mol. The zero-order valence-corrected chi connectivity index (χ0v) is 14.0. The lowest BCUT2D eigenvalue weighted by atomic mass is 9.68. The Balaban J connectivity index is 1.29. The lowest BCUT2D eigenvalue weighted by molar-refractivity contribution is 0.185. The summed E-state index contributed by atoms with van der Waals surface area (Å²) in [7, 11) is 0. The molecular weight excluding hydrogens is 288 g/mol. The highest BCUT2D eigenvalue weighted by Gasteiger charge is 2.60. The van der Waals surface area contributed by atoms with Crippen molar-refractivity contribution in [2.24, 2.45) is 35.5 Å². The molecule has 3 fully saturated rings. The van der Waals surface area contributed by atoms with Crippen molar-refractivity contribution in [2.75, 3.05) is 0 Å². The molecule has 4 aliphatic carbocycles. The van der Waals surface area contributed by atoms with Crippen molar-refractivity contribution in [1.29, 1.82) is 0 Å². The van der Waals surface area contributed by atoms with E-state index >= 15 is 0 Å². The fourth-order valence-electron chi connectivity index (χ4n) is 6.95. The highest BCUT2D eigenvalue weighted by atomic mass is 14.6. The van der Waals surface area contributed by atoms with Crippen LogP contribution in [0.5, 0.6) is 0 Å². The van der Waals surface area contributed by atoms with Crippen LogP contribution >= 0.6 is 0 Å². The lowest BCUT2D eigenvalue weighted by Crippen LogP contribution is -2.30. The van der Waals surface area contributed by atoms with Gasteiger partial charge in [0, 0.05) is 0 Å². The molecular formula is C24H24. The summed E-state index contributed by atoms with van der Waals surface area (Å²) in [5, 5.41) is 0. The topological polar surface area (TPSA) is 0 Å². The van der Waals surface area contributed by atoms with E-state index in [4.69, 9.17) is 0 Å². The van der Waals surface area contributed by atoms with Crippen LogP contribution in [0.1, 0.15) is 30.7 Å². The molecule has 2 aromatic carbocycles. The molecule has 6 rings (SSSR count). The van der Waals surface area contributed by atoms with Crippen LogP contribution in [-0.2, 0) is 0 Å². The largest absolute Gasteiger partial charge is 0.0848 e. The lowest BCUT2D eigenvalue weighted by Gasteiger charge is -2.37. The minimum absolute atomic E-state index is 0.828. The van der Waals surface area contributed by atoms with E-state index < -0.39 is 0 Å². The highest BCUT2D eigenvalue weighted by Crippen LogP contribution is 2.68. The quantitative estimate of drug-likeness (QED) is 0.477. The van der Waals surface area contributed by atoms with Gasteiger partial charge in [-0.2, -0.15) is 0 Å². The van der Waals surface area contributed by atoms with Crippen LogP contribution in [0.3, 0.4) is 0 Å². The maximum Gasteiger partial charge on any atom is -0.0128 e. The van der Waals surface area contributed by atoms with Crippen molar-refractivity contribution in [1.82, 2.24) is 0 Å². The van der Waals surface area contributed by atoms with E-state index in [0.29, 0.717) is 0 Å². The van der Waals surface area contributed by atoms with E-state index in [1.807, 2.05) is 0 Å². The Labute approximate surface area is 144 Å². The maximum atomic E-state index is 2.56. The zero-order valence-electron chi connectivity index (χ0n) is 14.0. The van der Waals surface area contributed by atoms with Crippen LogP contribution in [0.4, 0.5) is 0 Å². The summed E-state index contributed by atoms with van der Waals surface area (Å²) in [4.78, 5) is 0. The van der Waals surface area contributed by atoms with Crippen LogP contribution in [0.2, 0.25) is 0 Å². The van der Waals surface area contributed by atoms with E-state index in [1.54, 1.807) is 5.56 Å². The minimum Gasteiger partial charge on any atom is -0.0848 e. The standard InChI is InChI=1S/C24H24/c1-2-4-15(5-3-1)16-6-8-17(9-7-16)21-13-20-14-22(21)24-19-11-10-18(12-19)23(20)24/h1-11,18-24H,12-14H2. The Bertz CT molecular complexity index is 785. The Morgan fingerprint density at radius 3 is 2.12 bits per heavy atom. The van der Waals surface area contributed by atoms with Gasteiger partial charge in [0.25, 0.3) is 0 Å². The van der Waals surface area contributed by atoms with Gasteiger partial charge in [0.2, 0.25) is 0 Å². The van der Waals surface area contributed by atoms with Crippen molar-refractivity contribution in [3.63, 3.8) is 0 Å². The van der Waals surface area contributed by atoms with Gasteiger partial charge in [-0.1, -0.05) is 66.7 Å². The Hall–Kier alpha value is -1.82.